The average Bonchev–Trinajstić information content (AvgIpc) is 2.56. The Morgan fingerprint density at radius 2 is 1.92 bits per heavy atom. The Balaban J connectivity index is 2.54. The van der Waals surface area contributed by atoms with Gasteiger partial charge in [0, 0.05) is 12.3 Å². The Kier molecular flexibility index (Phi) is 3.88. The number of carboxylic acids is 1. The van der Waals surface area contributed by atoms with E-state index < -0.39 is 44.8 Å². The zero-order valence-corrected chi connectivity index (χ0v) is 12.8. The lowest BCUT2D eigenvalue weighted by Gasteiger charge is -2.14. The number of nitrogens with two attached hydrogens (primary N) is 1. The van der Waals surface area contributed by atoms with Crippen LogP contribution in [0.2, 0.25) is 5.02 Å². The zero-order chi connectivity index (χ0) is 18.5. The standard InChI is InChI=1S/C15H7ClF3N3O3/c16-11-12(19)7(17)1-5-13(11)22(4-6(14(5)23)15(24)25)10-2-9(20)8(18)3-21-10/h1-4H,(H2,20,21)(H,24,25). The Labute approximate surface area is 141 Å². The van der Waals surface area contributed by atoms with Crippen LogP contribution in [0.1, 0.15) is 10.4 Å². The summed E-state index contributed by atoms with van der Waals surface area (Å²) in [6.07, 6.45) is 1.58. The molecule has 0 spiro atoms. The monoisotopic (exact) mass is 369 g/mol. The fourth-order valence-electron chi connectivity index (χ4n) is 2.30. The maximum Gasteiger partial charge on any atom is 0.341 e. The lowest BCUT2D eigenvalue weighted by Crippen LogP contribution is -2.19. The lowest BCUT2D eigenvalue weighted by molar-refractivity contribution is 0.0695. The van der Waals surface area contributed by atoms with Gasteiger partial charge in [-0.05, 0) is 6.07 Å². The number of pyridine rings is 2. The molecule has 0 bridgehead atoms. The zero-order valence-electron chi connectivity index (χ0n) is 12.1. The number of nitrogens with zero attached hydrogens (tertiary/aromatic N) is 2. The second-order valence-corrected chi connectivity index (χ2v) is 5.37. The molecule has 2 heterocycles. The third kappa shape index (κ3) is 2.58. The van der Waals surface area contributed by atoms with E-state index in [0.29, 0.717) is 6.07 Å². The van der Waals surface area contributed by atoms with Crippen molar-refractivity contribution in [2.24, 2.45) is 0 Å². The SMILES string of the molecule is Nc1cc(-n2cc(C(=O)O)c(=O)c3cc(F)c(F)c(Cl)c32)ncc1F. The highest BCUT2D eigenvalue weighted by Gasteiger charge is 2.22. The second-order valence-electron chi connectivity index (χ2n) is 4.99. The number of fused-ring (bicyclic) bond motifs is 1. The molecule has 6 nitrogen and oxygen atoms in total. The Morgan fingerprint density at radius 3 is 2.52 bits per heavy atom. The van der Waals surface area contributed by atoms with E-state index in [4.69, 9.17) is 22.4 Å². The molecule has 0 amide bonds. The van der Waals surface area contributed by atoms with Gasteiger partial charge >= 0.3 is 5.97 Å². The number of aromatic carboxylic acids is 1. The van der Waals surface area contributed by atoms with Gasteiger partial charge in [-0.2, -0.15) is 0 Å². The van der Waals surface area contributed by atoms with Crippen molar-refractivity contribution in [1.82, 2.24) is 9.55 Å². The van der Waals surface area contributed by atoms with Crippen molar-refractivity contribution in [3.05, 3.63) is 62.8 Å². The van der Waals surface area contributed by atoms with Crippen LogP contribution in [0.5, 0.6) is 0 Å². The number of aromatic nitrogens is 2. The molecule has 3 rings (SSSR count). The van der Waals surface area contributed by atoms with E-state index in [9.17, 15) is 22.8 Å². The molecule has 128 valence electrons. The molecule has 1 aromatic carbocycles. The fraction of sp³-hybridized carbons (Fsp3) is 0. The van der Waals surface area contributed by atoms with Crippen LogP contribution in [0.25, 0.3) is 16.7 Å². The molecule has 0 aliphatic heterocycles. The molecule has 0 aliphatic rings. The third-order valence-corrected chi connectivity index (χ3v) is 3.82. The van der Waals surface area contributed by atoms with Gasteiger partial charge in [-0.1, -0.05) is 11.6 Å². The molecular weight excluding hydrogens is 363 g/mol. The number of carbonyl (C=O) groups is 1. The van der Waals surface area contributed by atoms with E-state index in [1.165, 1.54) is 0 Å². The number of rotatable bonds is 2. The fourth-order valence-corrected chi connectivity index (χ4v) is 2.58. The number of anilines is 1. The van der Waals surface area contributed by atoms with Gasteiger partial charge in [0.15, 0.2) is 17.5 Å². The minimum Gasteiger partial charge on any atom is -0.477 e. The summed E-state index contributed by atoms with van der Waals surface area (Å²) in [5.74, 6) is -5.43. The van der Waals surface area contributed by atoms with Crippen LogP contribution in [-0.4, -0.2) is 20.6 Å². The van der Waals surface area contributed by atoms with Crippen molar-refractivity contribution in [2.75, 3.05) is 5.73 Å². The van der Waals surface area contributed by atoms with Gasteiger partial charge in [0.05, 0.1) is 22.8 Å². The highest BCUT2D eigenvalue weighted by atomic mass is 35.5. The maximum absolute atomic E-state index is 13.8. The van der Waals surface area contributed by atoms with Gasteiger partial charge in [0.25, 0.3) is 0 Å². The highest BCUT2D eigenvalue weighted by Crippen LogP contribution is 2.29. The van der Waals surface area contributed by atoms with E-state index >= 15 is 0 Å². The van der Waals surface area contributed by atoms with Crippen molar-refractivity contribution in [2.45, 2.75) is 0 Å². The lowest BCUT2D eigenvalue weighted by atomic mass is 10.1. The number of carboxylic acid groups (broad SMARTS) is 1. The first kappa shape index (κ1) is 16.8. The number of halogens is 4. The maximum atomic E-state index is 13.8. The van der Waals surface area contributed by atoms with E-state index in [-0.39, 0.29) is 17.0 Å². The average molecular weight is 370 g/mol. The molecule has 10 heteroatoms. The van der Waals surface area contributed by atoms with Gasteiger partial charge in [0.2, 0.25) is 5.43 Å². The predicted octanol–water partition coefficient (Wildman–Crippen LogP) is 2.74. The van der Waals surface area contributed by atoms with Crippen molar-refractivity contribution in [3.63, 3.8) is 0 Å². The second kappa shape index (κ2) is 5.78. The summed E-state index contributed by atoms with van der Waals surface area (Å²) in [6, 6.07) is 1.57. The summed E-state index contributed by atoms with van der Waals surface area (Å²) in [4.78, 5) is 27.3. The minimum atomic E-state index is -1.60. The predicted molar refractivity (Wildman–Crippen MR) is 83.6 cm³/mol. The van der Waals surface area contributed by atoms with Crippen molar-refractivity contribution < 1.29 is 23.1 Å². The van der Waals surface area contributed by atoms with Gasteiger partial charge in [-0.15, -0.1) is 0 Å². The van der Waals surface area contributed by atoms with Crippen molar-refractivity contribution in [3.8, 4) is 5.82 Å². The van der Waals surface area contributed by atoms with Crippen LogP contribution in [0.15, 0.2) is 29.3 Å². The number of hydrogen-bond donors (Lipinski definition) is 2. The summed E-state index contributed by atoms with van der Waals surface area (Å²) in [6.45, 7) is 0. The van der Waals surface area contributed by atoms with E-state index in [1.807, 2.05) is 0 Å². The number of hydrogen-bond acceptors (Lipinski definition) is 4. The van der Waals surface area contributed by atoms with Crippen LogP contribution in [0, 0.1) is 17.5 Å². The molecular formula is C15H7ClF3N3O3. The molecule has 3 N–H and O–H groups in total. The minimum absolute atomic E-state index is 0.140. The summed E-state index contributed by atoms with van der Waals surface area (Å²) in [5, 5.41) is 7.94. The van der Waals surface area contributed by atoms with E-state index in [2.05, 4.69) is 4.98 Å². The van der Waals surface area contributed by atoms with Gasteiger partial charge in [-0.25, -0.2) is 22.9 Å². The molecule has 0 saturated heterocycles. The molecule has 0 fully saturated rings. The van der Waals surface area contributed by atoms with E-state index in [1.54, 1.807) is 0 Å². The first-order valence-corrected chi connectivity index (χ1v) is 6.97. The molecule has 0 radical (unpaired) electrons. The largest absolute Gasteiger partial charge is 0.477 e. The van der Waals surface area contributed by atoms with Crippen molar-refractivity contribution >= 4 is 34.2 Å². The third-order valence-electron chi connectivity index (χ3n) is 3.47. The van der Waals surface area contributed by atoms with Crippen molar-refractivity contribution in [1.29, 1.82) is 0 Å². The summed E-state index contributed by atoms with van der Waals surface area (Å²) in [7, 11) is 0. The van der Waals surface area contributed by atoms with Crippen LogP contribution < -0.4 is 11.2 Å². The van der Waals surface area contributed by atoms with Crippen LogP contribution in [0.4, 0.5) is 18.9 Å². The molecule has 0 aliphatic carbocycles. The van der Waals surface area contributed by atoms with Crippen LogP contribution in [0.3, 0.4) is 0 Å². The molecule has 3 aromatic rings. The van der Waals surface area contributed by atoms with E-state index in [0.717, 1.165) is 23.0 Å². The molecule has 25 heavy (non-hydrogen) atoms. The van der Waals surface area contributed by atoms with Crippen LogP contribution >= 0.6 is 11.6 Å². The van der Waals surface area contributed by atoms with Gasteiger partial charge in [0.1, 0.15) is 16.4 Å². The summed E-state index contributed by atoms with van der Waals surface area (Å²) in [5.41, 5.74) is 3.00. The topological polar surface area (TPSA) is 98.2 Å². The summed E-state index contributed by atoms with van der Waals surface area (Å²) < 4.78 is 41.7. The quantitative estimate of drug-likeness (QED) is 0.677. The highest BCUT2D eigenvalue weighted by molar-refractivity contribution is 6.35. The summed E-state index contributed by atoms with van der Waals surface area (Å²) >= 11 is 5.81. The first-order chi connectivity index (χ1) is 11.7. The first-order valence-electron chi connectivity index (χ1n) is 6.60. The molecule has 0 saturated carbocycles. The Morgan fingerprint density at radius 1 is 1.24 bits per heavy atom. The van der Waals surface area contributed by atoms with Gasteiger partial charge in [-0.3, -0.25) is 9.36 Å². The number of nitrogen functional groups attached to an aromatic ring is 1. The molecule has 2 aromatic heterocycles. The van der Waals surface area contributed by atoms with Gasteiger partial charge < -0.3 is 10.8 Å². The smallest absolute Gasteiger partial charge is 0.341 e. The number of benzene rings is 1. The Hall–Kier alpha value is -3.07. The Bertz CT molecular complexity index is 1110. The molecule has 0 unspecified atom stereocenters. The van der Waals surface area contributed by atoms with Crippen LogP contribution in [-0.2, 0) is 0 Å². The normalized spacial score (nSPS) is 11.0. The molecule has 0 atom stereocenters.